The summed E-state index contributed by atoms with van der Waals surface area (Å²) in [6.07, 6.45) is 0. The molecule has 1 heterocycles. The predicted octanol–water partition coefficient (Wildman–Crippen LogP) is 5.10. The molecule has 0 amide bonds. The van der Waals surface area contributed by atoms with Gasteiger partial charge in [-0.05, 0) is 28.8 Å². The fraction of sp³-hybridized carbons (Fsp3) is 0.200. The van der Waals surface area contributed by atoms with Crippen LogP contribution in [0.1, 0.15) is 29.5 Å². The number of hydrogen-bond donors (Lipinski definition) is 0. The number of thioether (sulfide) groups is 1. The summed E-state index contributed by atoms with van der Waals surface area (Å²) >= 11 is 8.27. The van der Waals surface area contributed by atoms with Crippen LogP contribution in [0.15, 0.2) is 47.4 Å². The first-order valence-corrected chi connectivity index (χ1v) is 7.12. The van der Waals surface area contributed by atoms with Crippen molar-refractivity contribution in [2.75, 3.05) is 0 Å². The van der Waals surface area contributed by atoms with E-state index in [1.165, 1.54) is 21.6 Å². The van der Waals surface area contributed by atoms with Crippen molar-refractivity contribution in [1.29, 1.82) is 0 Å². The second-order valence-electron chi connectivity index (χ2n) is 4.36. The number of benzene rings is 2. The zero-order chi connectivity index (χ0) is 11.8. The Morgan fingerprint density at radius 1 is 1.12 bits per heavy atom. The van der Waals surface area contributed by atoms with Crippen molar-refractivity contribution in [2.45, 2.75) is 23.5 Å². The van der Waals surface area contributed by atoms with Crippen LogP contribution in [0.3, 0.4) is 0 Å². The third kappa shape index (κ3) is 1.88. The van der Waals surface area contributed by atoms with E-state index in [0.29, 0.717) is 5.92 Å². The molecule has 1 aliphatic rings. The van der Waals surface area contributed by atoms with Gasteiger partial charge in [-0.1, -0.05) is 48.9 Å². The molecule has 0 aliphatic carbocycles. The predicted molar refractivity (Wildman–Crippen MR) is 75.0 cm³/mol. The van der Waals surface area contributed by atoms with Gasteiger partial charge >= 0.3 is 0 Å². The summed E-state index contributed by atoms with van der Waals surface area (Å²) in [5.74, 6) is 1.39. The van der Waals surface area contributed by atoms with E-state index < -0.39 is 0 Å². The van der Waals surface area contributed by atoms with Crippen LogP contribution in [-0.2, 0) is 5.75 Å². The normalized spacial score (nSPS) is 18.1. The Kier molecular flexibility index (Phi) is 2.89. The Balaban J connectivity index is 2.22. The minimum atomic E-state index is 0.380. The lowest BCUT2D eigenvalue weighted by atomic mass is 9.90. The Morgan fingerprint density at radius 2 is 1.94 bits per heavy atom. The topological polar surface area (TPSA) is 0 Å². The number of rotatable bonds is 0. The molecule has 0 N–H and O–H groups in total. The minimum Gasteiger partial charge on any atom is -0.121 e. The third-order valence-corrected chi connectivity index (χ3v) is 4.81. The van der Waals surface area contributed by atoms with Crippen LogP contribution in [0.5, 0.6) is 0 Å². The van der Waals surface area contributed by atoms with Crippen LogP contribution >= 0.6 is 23.4 Å². The fourth-order valence-electron chi connectivity index (χ4n) is 2.47. The molecule has 1 aliphatic heterocycles. The molecule has 3 rings (SSSR count). The number of hydrogen-bond acceptors (Lipinski definition) is 1. The average Bonchev–Trinajstić information content (AvgIpc) is 2.49. The maximum Gasteiger partial charge on any atom is 0.0447 e. The zero-order valence-electron chi connectivity index (χ0n) is 9.61. The van der Waals surface area contributed by atoms with Crippen molar-refractivity contribution >= 4 is 23.4 Å². The highest BCUT2D eigenvalue weighted by atomic mass is 35.5. The van der Waals surface area contributed by atoms with E-state index in [-0.39, 0.29) is 0 Å². The monoisotopic (exact) mass is 260 g/mol. The lowest BCUT2D eigenvalue weighted by Crippen LogP contribution is -1.99. The van der Waals surface area contributed by atoms with Gasteiger partial charge < -0.3 is 0 Å². The molecule has 17 heavy (non-hydrogen) atoms. The van der Waals surface area contributed by atoms with Gasteiger partial charge in [0, 0.05) is 21.6 Å². The summed E-state index contributed by atoms with van der Waals surface area (Å²) in [6, 6.07) is 14.9. The lowest BCUT2D eigenvalue weighted by molar-refractivity contribution is 0.890. The minimum absolute atomic E-state index is 0.380. The van der Waals surface area contributed by atoms with Crippen LogP contribution in [0.4, 0.5) is 0 Å². The summed E-state index contributed by atoms with van der Waals surface area (Å²) < 4.78 is 0. The van der Waals surface area contributed by atoms with Crippen molar-refractivity contribution in [3.63, 3.8) is 0 Å². The standard InChI is InChI=1S/C15H13ClS/c1-10-12-6-2-3-8-14(12)17-9-11-5-4-7-13(16)15(10)11/h2-8,10H,9H2,1H3. The molecule has 1 unspecified atom stereocenters. The van der Waals surface area contributed by atoms with Gasteiger partial charge in [-0.2, -0.15) is 0 Å². The van der Waals surface area contributed by atoms with Crippen LogP contribution in [0, 0.1) is 0 Å². The van der Waals surface area contributed by atoms with Crippen molar-refractivity contribution in [3.05, 3.63) is 64.2 Å². The van der Waals surface area contributed by atoms with Crippen molar-refractivity contribution in [1.82, 2.24) is 0 Å². The molecule has 0 saturated carbocycles. The van der Waals surface area contributed by atoms with Crippen LogP contribution in [0.25, 0.3) is 0 Å². The molecule has 0 radical (unpaired) electrons. The van der Waals surface area contributed by atoms with Gasteiger partial charge in [0.2, 0.25) is 0 Å². The van der Waals surface area contributed by atoms with E-state index in [0.717, 1.165) is 10.8 Å². The van der Waals surface area contributed by atoms with E-state index in [1.54, 1.807) is 0 Å². The molecular formula is C15H13ClS. The highest BCUT2D eigenvalue weighted by molar-refractivity contribution is 7.98. The van der Waals surface area contributed by atoms with E-state index in [4.69, 9.17) is 11.6 Å². The van der Waals surface area contributed by atoms with Gasteiger partial charge in [0.05, 0.1) is 0 Å². The van der Waals surface area contributed by atoms with Crippen molar-refractivity contribution < 1.29 is 0 Å². The quantitative estimate of drug-likeness (QED) is 0.635. The summed E-state index contributed by atoms with van der Waals surface area (Å²) in [5, 5.41) is 0.896. The Bertz CT molecular complexity index is 563. The fourth-order valence-corrected chi connectivity index (χ4v) is 3.98. The molecular weight excluding hydrogens is 248 g/mol. The molecule has 2 aromatic rings. The maximum absolute atomic E-state index is 6.37. The molecule has 0 bridgehead atoms. The highest BCUT2D eigenvalue weighted by Gasteiger charge is 2.21. The van der Waals surface area contributed by atoms with Crippen LogP contribution in [0.2, 0.25) is 5.02 Å². The molecule has 0 nitrogen and oxygen atoms in total. The van der Waals surface area contributed by atoms with E-state index in [1.807, 2.05) is 23.9 Å². The summed E-state index contributed by atoms with van der Waals surface area (Å²) in [5.41, 5.74) is 4.06. The Morgan fingerprint density at radius 3 is 2.82 bits per heavy atom. The summed E-state index contributed by atoms with van der Waals surface area (Å²) in [4.78, 5) is 1.38. The first-order valence-electron chi connectivity index (χ1n) is 5.76. The van der Waals surface area contributed by atoms with Gasteiger partial charge in [0.25, 0.3) is 0 Å². The number of fused-ring (bicyclic) bond motifs is 2. The largest absolute Gasteiger partial charge is 0.121 e. The van der Waals surface area contributed by atoms with Gasteiger partial charge in [0.15, 0.2) is 0 Å². The molecule has 0 aromatic heterocycles. The van der Waals surface area contributed by atoms with E-state index >= 15 is 0 Å². The van der Waals surface area contributed by atoms with Gasteiger partial charge in [-0.15, -0.1) is 11.8 Å². The lowest BCUT2D eigenvalue weighted by Gasteiger charge is -2.16. The molecule has 86 valence electrons. The molecule has 0 fully saturated rings. The maximum atomic E-state index is 6.37. The van der Waals surface area contributed by atoms with Gasteiger partial charge in [0.1, 0.15) is 0 Å². The smallest absolute Gasteiger partial charge is 0.0447 e. The van der Waals surface area contributed by atoms with Crippen LogP contribution in [-0.4, -0.2) is 0 Å². The molecule has 0 saturated heterocycles. The second-order valence-corrected chi connectivity index (χ2v) is 5.79. The number of halogens is 1. The highest BCUT2D eigenvalue weighted by Crippen LogP contribution is 2.42. The third-order valence-electron chi connectivity index (χ3n) is 3.34. The SMILES string of the molecule is CC1c2ccccc2SCc2cccc(Cl)c21. The second kappa shape index (κ2) is 4.40. The van der Waals surface area contributed by atoms with Gasteiger partial charge in [-0.3, -0.25) is 0 Å². The van der Waals surface area contributed by atoms with Gasteiger partial charge in [-0.25, -0.2) is 0 Å². The Labute approximate surface area is 111 Å². The van der Waals surface area contributed by atoms with E-state index in [9.17, 15) is 0 Å². The zero-order valence-corrected chi connectivity index (χ0v) is 11.2. The van der Waals surface area contributed by atoms with Crippen LogP contribution < -0.4 is 0 Å². The first-order chi connectivity index (χ1) is 8.27. The summed E-state index contributed by atoms with van der Waals surface area (Å²) in [6.45, 7) is 2.25. The molecule has 2 aromatic carbocycles. The van der Waals surface area contributed by atoms with Crippen molar-refractivity contribution in [2.24, 2.45) is 0 Å². The summed E-state index contributed by atoms with van der Waals surface area (Å²) in [7, 11) is 0. The van der Waals surface area contributed by atoms with Crippen molar-refractivity contribution in [3.8, 4) is 0 Å². The first kappa shape index (κ1) is 11.2. The molecule has 0 spiro atoms. The Hall–Kier alpha value is -0.920. The molecule has 2 heteroatoms. The average molecular weight is 261 g/mol. The van der Waals surface area contributed by atoms with E-state index in [2.05, 4.69) is 37.3 Å². The molecule has 1 atom stereocenters.